The van der Waals surface area contributed by atoms with Gasteiger partial charge in [-0.3, -0.25) is 0 Å². The van der Waals surface area contributed by atoms with Crippen LogP contribution in [-0.2, 0) is 20.0 Å². The predicted molar refractivity (Wildman–Crippen MR) is 48.3 cm³/mol. The molecule has 0 radical (unpaired) electrons. The van der Waals surface area contributed by atoms with Gasteiger partial charge in [-0.1, -0.05) is 18.2 Å². The number of sulfone groups is 1. The van der Waals surface area contributed by atoms with Gasteiger partial charge in [0.1, 0.15) is 0 Å². The van der Waals surface area contributed by atoms with Crippen molar-refractivity contribution in [1.29, 1.82) is 0 Å². The van der Waals surface area contributed by atoms with Crippen molar-refractivity contribution in [2.24, 2.45) is 0 Å². The largest absolute Gasteiger partial charge is 1.00 e. The van der Waals surface area contributed by atoms with Crippen molar-refractivity contribution in [3.63, 3.8) is 0 Å². The molecule has 0 bridgehead atoms. The fourth-order valence-electron chi connectivity index (χ4n) is 0.871. The van der Waals surface area contributed by atoms with E-state index in [9.17, 15) is 30.2 Å². The van der Waals surface area contributed by atoms with E-state index in [-0.39, 0.29) is 18.9 Å². The molecular weight excluding hydrogens is 273 g/mol. The Morgan fingerprint density at radius 3 is 1.76 bits per heavy atom. The molecule has 0 atom stereocenters. The molecule has 0 aliphatic rings. The minimum atomic E-state index is -6.28. The predicted octanol–water partition coefficient (Wildman–Crippen LogP) is -2.44. The van der Waals surface area contributed by atoms with Crippen LogP contribution in [0.4, 0.5) is 8.78 Å². The maximum atomic E-state index is 12.9. The van der Waals surface area contributed by atoms with Crippen LogP contribution in [-0.4, -0.2) is 26.0 Å². The average Bonchev–Trinajstić information content (AvgIpc) is 2.17. The van der Waals surface area contributed by atoms with Gasteiger partial charge in [0.05, 0.1) is 4.90 Å². The van der Waals surface area contributed by atoms with Gasteiger partial charge >= 0.3 is 23.4 Å². The van der Waals surface area contributed by atoms with Gasteiger partial charge in [0.25, 0.3) is 9.84 Å². The van der Waals surface area contributed by atoms with Crippen LogP contribution in [0.2, 0.25) is 0 Å². The number of alkyl halides is 2. The zero-order chi connectivity index (χ0) is 12.6. The second-order valence-electron chi connectivity index (χ2n) is 2.73. The summed E-state index contributed by atoms with van der Waals surface area (Å²) in [5, 5.41) is 0. The van der Waals surface area contributed by atoms with E-state index < -0.39 is 29.4 Å². The zero-order valence-electron chi connectivity index (χ0n) is 8.50. The Balaban J connectivity index is 0.00000256. The smallest absolute Gasteiger partial charge is 0.743 e. The Morgan fingerprint density at radius 1 is 1.00 bits per heavy atom. The maximum absolute atomic E-state index is 12.9. The summed E-state index contributed by atoms with van der Waals surface area (Å²) in [6.07, 6.45) is 0. The molecule has 10 heteroatoms. The van der Waals surface area contributed by atoms with Crippen molar-refractivity contribution in [3.8, 4) is 0 Å². The average molecular weight is 278 g/mol. The van der Waals surface area contributed by atoms with Gasteiger partial charge in [0.2, 0.25) is 0 Å². The molecule has 0 unspecified atom stereocenters. The van der Waals surface area contributed by atoms with Crippen LogP contribution in [0.15, 0.2) is 35.2 Å². The number of halogens is 2. The van der Waals surface area contributed by atoms with Gasteiger partial charge in [-0.15, -0.1) is 0 Å². The molecule has 0 aliphatic heterocycles. The first-order chi connectivity index (χ1) is 7.11. The van der Waals surface area contributed by atoms with Crippen molar-refractivity contribution in [2.75, 3.05) is 0 Å². The molecule has 0 aromatic heterocycles. The van der Waals surface area contributed by atoms with E-state index in [1.165, 1.54) is 6.07 Å². The van der Waals surface area contributed by atoms with Crippen LogP contribution >= 0.6 is 0 Å². The Labute approximate surface area is 109 Å². The van der Waals surface area contributed by atoms with E-state index in [4.69, 9.17) is 0 Å². The van der Waals surface area contributed by atoms with Crippen LogP contribution in [0.5, 0.6) is 0 Å². The Hall–Kier alpha value is -0.463. The molecule has 5 nitrogen and oxygen atoms in total. The third kappa shape index (κ3) is 2.86. The SMILES string of the molecule is O=S(=O)([O-])C(F)(F)S(=O)(=O)c1ccccc1.[Li+]. The van der Waals surface area contributed by atoms with Gasteiger partial charge in [0.15, 0.2) is 10.1 Å². The summed E-state index contributed by atoms with van der Waals surface area (Å²) in [7, 11) is -11.8. The van der Waals surface area contributed by atoms with Crippen LogP contribution < -0.4 is 18.9 Å². The molecule has 0 spiro atoms. The van der Waals surface area contributed by atoms with Gasteiger partial charge in [0, 0.05) is 0 Å². The molecule has 1 aromatic rings. The van der Waals surface area contributed by atoms with E-state index in [1.54, 1.807) is 0 Å². The van der Waals surface area contributed by atoms with Crippen molar-refractivity contribution in [2.45, 2.75) is 9.48 Å². The Morgan fingerprint density at radius 2 is 1.41 bits per heavy atom. The van der Waals surface area contributed by atoms with E-state index in [2.05, 4.69) is 0 Å². The van der Waals surface area contributed by atoms with Gasteiger partial charge in [-0.05, 0) is 12.1 Å². The first-order valence-corrected chi connectivity index (χ1v) is 6.63. The summed E-state index contributed by atoms with van der Waals surface area (Å²) in [6.45, 7) is 0. The van der Waals surface area contributed by atoms with Crippen molar-refractivity contribution < 1.29 is 49.0 Å². The molecule has 0 aliphatic carbocycles. The van der Waals surface area contributed by atoms with Crippen molar-refractivity contribution >= 4 is 20.0 Å². The first-order valence-electron chi connectivity index (χ1n) is 3.73. The second kappa shape index (κ2) is 5.03. The molecule has 0 amide bonds. The summed E-state index contributed by atoms with van der Waals surface area (Å²) in [4.78, 5) is -0.931. The van der Waals surface area contributed by atoms with E-state index in [0.717, 1.165) is 24.3 Å². The number of rotatable bonds is 3. The van der Waals surface area contributed by atoms with E-state index >= 15 is 0 Å². The summed E-state index contributed by atoms with van der Waals surface area (Å²) in [5.41, 5.74) is 0. The summed E-state index contributed by atoms with van der Waals surface area (Å²) >= 11 is 0. The number of benzene rings is 1. The number of hydrogen-bond donors (Lipinski definition) is 0. The molecule has 0 heterocycles. The van der Waals surface area contributed by atoms with Crippen molar-refractivity contribution in [1.82, 2.24) is 0 Å². The fourth-order valence-corrected chi connectivity index (χ4v) is 3.02. The fraction of sp³-hybridized carbons (Fsp3) is 0.143. The maximum Gasteiger partial charge on any atom is 1.00 e. The van der Waals surface area contributed by atoms with Crippen molar-refractivity contribution in [3.05, 3.63) is 30.3 Å². The second-order valence-corrected chi connectivity index (χ2v) is 6.40. The van der Waals surface area contributed by atoms with Gasteiger partial charge < -0.3 is 4.55 Å². The molecule has 0 fully saturated rings. The van der Waals surface area contributed by atoms with E-state index in [0.29, 0.717) is 0 Å². The number of hydrogen-bond acceptors (Lipinski definition) is 5. The minimum Gasteiger partial charge on any atom is -0.743 e. The summed E-state index contributed by atoms with van der Waals surface area (Å²) in [5.74, 6) is 0. The zero-order valence-corrected chi connectivity index (χ0v) is 10.1. The van der Waals surface area contributed by atoms with Crippen LogP contribution in [0.3, 0.4) is 0 Å². The monoisotopic (exact) mass is 278 g/mol. The van der Waals surface area contributed by atoms with Crippen LogP contribution in [0.25, 0.3) is 0 Å². The molecule has 0 saturated heterocycles. The molecular formula is C7H5F2LiO5S2. The Kier molecular flexibility index (Phi) is 4.90. The normalized spacial score (nSPS) is 12.9. The van der Waals surface area contributed by atoms with Gasteiger partial charge in [-0.2, -0.15) is 8.78 Å². The molecule has 0 saturated carbocycles. The molecule has 17 heavy (non-hydrogen) atoms. The van der Waals surface area contributed by atoms with Gasteiger partial charge in [-0.25, -0.2) is 16.8 Å². The molecule has 90 valence electrons. The standard InChI is InChI=1S/C7H6F2O5S2.Li/c8-7(9,16(12,13)14)15(10,11)6-4-2-1-3-5-6;/h1-5H,(H,12,13,14);/q;+1/p-1. The molecule has 1 rings (SSSR count). The molecule has 0 N–H and O–H groups in total. The van der Waals surface area contributed by atoms with E-state index in [1.807, 2.05) is 0 Å². The quantitative estimate of drug-likeness (QED) is 0.452. The Bertz CT molecular complexity index is 582. The van der Waals surface area contributed by atoms with Crippen LogP contribution in [0.1, 0.15) is 0 Å². The minimum absolute atomic E-state index is 0. The van der Waals surface area contributed by atoms with Crippen LogP contribution in [0, 0.1) is 0 Å². The third-order valence-electron chi connectivity index (χ3n) is 1.66. The first kappa shape index (κ1) is 16.5. The topological polar surface area (TPSA) is 91.3 Å². The molecule has 1 aromatic carbocycles. The summed E-state index contributed by atoms with van der Waals surface area (Å²) in [6, 6.07) is 5.15. The summed E-state index contributed by atoms with van der Waals surface area (Å²) < 4.78 is 73.3. The third-order valence-corrected chi connectivity index (χ3v) is 5.03.